The van der Waals surface area contributed by atoms with E-state index in [0.717, 1.165) is 10.5 Å². The van der Waals surface area contributed by atoms with E-state index in [4.69, 9.17) is 0 Å². The van der Waals surface area contributed by atoms with Gasteiger partial charge in [-0.2, -0.15) is 0 Å². The number of nitrogens with zero attached hydrogens (tertiary/aromatic N) is 5. The topological polar surface area (TPSA) is 88.9 Å². The number of rotatable bonds is 4. The fourth-order valence-electron chi connectivity index (χ4n) is 4.31. The zero-order chi connectivity index (χ0) is 25.2. The number of benzene rings is 3. The van der Waals surface area contributed by atoms with Crippen molar-refractivity contribution >= 4 is 39.6 Å². The first-order valence-electron chi connectivity index (χ1n) is 11.7. The Balaban J connectivity index is 1.55. The van der Waals surface area contributed by atoms with Gasteiger partial charge in [0, 0.05) is 34.9 Å². The number of carbonyl (C=O) groups excluding carboxylic acids is 2. The van der Waals surface area contributed by atoms with Gasteiger partial charge in [-0.25, -0.2) is 14.9 Å². The molecule has 0 aliphatic heterocycles. The Morgan fingerprint density at radius 1 is 0.541 bits per heavy atom. The number of aromatic nitrogens is 4. The molecular formula is C30H19N5O2. The van der Waals surface area contributed by atoms with E-state index in [1.165, 1.54) is 0 Å². The fourth-order valence-corrected chi connectivity index (χ4v) is 4.31. The van der Waals surface area contributed by atoms with E-state index < -0.39 is 11.8 Å². The summed E-state index contributed by atoms with van der Waals surface area (Å²) in [6.45, 7) is 0. The van der Waals surface area contributed by atoms with E-state index >= 15 is 0 Å². The van der Waals surface area contributed by atoms with Crippen LogP contribution in [0.25, 0.3) is 33.1 Å². The van der Waals surface area contributed by atoms with Crippen LogP contribution in [0.15, 0.2) is 116 Å². The molecule has 0 N–H and O–H groups in total. The van der Waals surface area contributed by atoms with E-state index in [-0.39, 0.29) is 5.95 Å². The molecule has 6 rings (SSSR count). The van der Waals surface area contributed by atoms with Crippen LogP contribution in [0.3, 0.4) is 0 Å². The third kappa shape index (κ3) is 4.08. The SMILES string of the molecule is O=C(c1ccnc2ccccc12)N(C(=O)c1ccnc2ccccc12)c1nccc(-c2ccccc2)n1. The van der Waals surface area contributed by atoms with Crippen LogP contribution in [-0.4, -0.2) is 31.8 Å². The van der Waals surface area contributed by atoms with Gasteiger partial charge in [-0.05, 0) is 30.3 Å². The van der Waals surface area contributed by atoms with Gasteiger partial charge in [0.25, 0.3) is 11.8 Å². The van der Waals surface area contributed by atoms with E-state index in [0.29, 0.717) is 38.6 Å². The van der Waals surface area contributed by atoms with E-state index in [2.05, 4.69) is 19.9 Å². The van der Waals surface area contributed by atoms with E-state index in [9.17, 15) is 9.59 Å². The molecule has 0 spiro atoms. The molecule has 0 saturated carbocycles. The summed E-state index contributed by atoms with van der Waals surface area (Å²) in [5, 5.41) is 1.26. The molecule has 0 unspecified atom stereocenters. The molecule has 0 aliphatic carbocycles. The fraction of sp³-hybridized carbons (Fsp3) is 0. The van der Waals surface area contributed by atoms with Gasteiger partial charge in [0.2, 0.25) is 5.95 Å². The molecule has 0 saturated heterocycles. The van der Waals surface area contributed by atoms with Crippen molar-refractivity contribution in [1.29, 1.82) is 0 Å². The molecule has 3 aromatic carbocycles. The first kappa shape index (κ1) is 22.2. The highest BCUT2D eigenvalue weighted by atomic mass is 16.2. The quantitative estimate of drug-likeness (QED) is 0.299. The second-order valence-electron chi connectivity index (χ2n) is 8.30. The minimum Gasteiger partial charge on any atom is -0.268 e. The summed E-state index contributed by atoms with van der Waals surface area (Å²) >= 11 is 0. The normalized spacial score (nSPS) is 10.9. The molecule has 0 bridgehead atoms. The molecule has 0 aliphatic rings. The first-order valence-corrected chi connectivity index (χ1v) is 11.7. The summed E-state index contributed by atoms with van der Waals surface area (Å²) in [6, 6.07) is 29.1. The number of pyridine rings is 2. The minimum atomic E-state index is -0.547. The van der Waals surface area contributed by atoms with E-state index in [1.807, 2.05) is 66.7 Å². The number of amides is 2. The number of hydrogen-bond acceptors (Lipinski definition) is 6. The minimum absolute atomic E-state index is 0.0156. The monoisotopic (exact) mass is 481 g/mol. The van der Waals surface area contributed by atoms with Crippen LogP contribution in [0.1, 0.15) is 20.7 Å². The van der Waals surface area contributed by atoms with Gasteiger partial charge < -0.3 is 0 Å². The van der Waals surface area contributed by atoms with Gasteiger partial charge >= 0.3 is 0 Å². The van der Waals surface area contributed by atoms with Crippen molar-refractivity contribution in [3.05, 3.63) is 127 Å². The molecule has 7 nitrogen and oxygen atoms in total. The molecule has 7 heteroatoms. The summed E-state index contributed by atoms with van der Waals surface area (Å²) in [4.78, 5) is 47.0. The average molecular weight is 482 g/mol. The van der Waals surface area contributed by atoms with Crippen molar-refractivity contribution in [2.24, 2.45) is 0 Å². The molecule has 6 aromatic rings. The molecule has 176 valence electrons. The van der Waals surface area contributed by atoms with Crippen molar-refractivity contribution in [2.45, 2.75) is 0 Å². The van der Waals surface area contributed by atoms with Crippen LogP contribution in [0.5, 0.6) is 0 Å². The molecule has 3 aromatic heterocycles. The predicted molar refractivity (Wildman–Crippen MR) is 142 cm³/mol. The Labute approximate surface area is 212 Å². The first-order chi connectivity index (χ1) is 18.2. The maximum atomic E-state index is 14.1. The second-order valence-corrected chi connectivity index (χ2v) is 8.30. The summed E-state index contributed by atoms with van der Waals surface area (Å²) in [5.41, 5.74) is 3.38. The smallest absolute Gasteiger partial charge is 0.268 e. The largest absolute Gasteiger partial charge is 0.268 e. The van der Waals surface area contributed by atoms with Crippen LogP contribution < -0.4 is 4.90 Å². The number of hydrogen-bond donors (Lipinski definition) is 0. The number of para-hydroxylation sites is 2. The van der Waals surface area contributed by atoms with Crippen LogP contribution in [-0.2, 0) is 0 Å². The molecule has 3 heterocycles. The lowest BCUT2D eigenvalue weighted by molar-refractivity contribution is 0.0897. The third-order valence-electron chi connectivity index (χ3n) is 6.08. The molecule has 0 atom stereocenters. The summed E-state index contributed by atoms with van der Waals surface area (Å²) in [7, 11) is 0. The second kappa shape index (κ2) is 9.39. The predicted octanol–water partition coefficient (Wildman–Crippen LogP) is 5.73. The Morgan fingerprint density at radius 3 is 1.65 bits per heavy atom. The number of anilines is 1. The van der Waals surface area contributed by atoms with Crippen LogP contribution in [0.4, 0.5) is 5.95 Å². The number of fused-ring (bicyclic) bond motifs is 2. The van der Waals surface area contributed by atoms with E-state index in [1.54, 1.807) is 48.9 Å². The summed E-state index contributed by atoms with van der Waals surface area (Å²) in [6.07, 6.45) is 4.66. The van der Waals surface area contributed by atoms with Crippen LogP contribution in [0, 0.1) is 0 Å². The Bertz CT molecular complexity index is 1680. The highest BCUT2D eigenvalue weighted by Gasteiger charge is 2.31. The van der Waals surface area contributed by atoms with Gasteiger partial charge in [0.05, 0.1) is 27.9 Å². The lowest BCUT2D eigenvalue weighted by Gasteiger charge is -2.21. The van der Waals surface area contributed by atoms with Crippen LogP contribution in [0.2, 0.25) is 0 Å². The molecular weight excluding hydrogens is 462 g/mol. The molecule has 0 radical (unpaired) electrons. The Morgan fingerprint density at radius 2 is 1.05 bits per heavy atom. The molecule has 2 amide bonds. The zero-order valence-corrected chi connectivity index (χ0v) is 19.5. The lowest BCUT2D eigenvalue weighted by atomic mass is 10.1. The maximum Gasteiger partial charge on any atom is 0.268 e. The summed E-state index contributed by atoms with van der Waals surface area (Å²) < 4.78 is 0. The highest BCUT2D eigenvalue weighted by molar-refractivity contribution is 6.29. The van der Waals surface area contributed by atoms with Gasteiger partial charge in [0.15, 0.2) is 0 Å². The third-order valence-corrected chi connectivity index (χ3v) is 6.08. The average Bonchev–Trinajstić information content (AvgIpc) is 2.97. The highest BCUT2D eigenvalue weighted by Crippen LogP contribution is 2.26. The standard InChI is InChI=1S/C30H19N5O2/c36-28(23-14-17-31-26-12-6-4-10-21(23)26)35(29(37)24-15-18-32-27-13-7-5-11-22(24)27)30-33-19-16-25(34-30)20-8-2-1-3-9-20/h1-19H. The van der Waals surface area contributed by atoms with Crippen molar-refractivity contribution < 1.29 is 9.59 Å². The van der Waals surface area contributed by atoms with Crippen molar-refractivity contribution in [2.75, 3.05) is 4.90 Å². The molecule has 0 fully saturated rings. The van der Waals surface area contributed by atoms with Crippen LogP contribution >= 0.6 is 0 Å². The zero-order valence-electron chi connectivity index (χ0n) is 19.5. The van der Waals surface area contributed by atoms with Gasteiger partial charge in [-0.1, -0.05) is 66.7 Å². The number of carbonyl (C=O) groups is 2. The van der Waals surface area contributed by atoms with Crippen molar-refractivity contribution in [3.8, 4) is 11.3 Å². The van der Waals surface area contributed by atoms with Crippen molar-refractivity contribution in [3.63, 3.8) is 0 Å². The Kier molecular flexibility index (Phi) is 5.63. The van der Waals surface area contributed by atoms with Crippen molar-refractivity contribution in [1.82, 2.24) is 19.9 Å². The number of imide groups is 1. The molecule has 37 heavy (non-hydrogen) atoms. The van der Waals surface area contributed by atoms with Gasteiger partial charge in [-0.15, -0.1) is 0 Å². The summed E-state index contributed by atoms with van der Waals surface area (Å²) in [5.74, 6) is -1.11. The maximum absolute atomic E-state index is 14.1. The Hall–Kier alpha value is -5.30. The van der Waals surface area contributed by atoms with Gasteiger partial charge in [-0.3, -0.25) is 19.6 Å². The lowest BCUT2D eigenvalue weighted by Crippen LogP contribution is -2.38. The van der Waals surface area contributed by atoms with Gasteiger partial charge in [0.1, 0.15) is 0 Å².